The molecule has 3 nitrogen and oxygen atoms in total. The molecule has 1 N–H and O–H groups in total. The second kappa shape index (κ2) is 4.10. The summed E-state index contributed by atoms with van der Waals surface area (Å²) in [5, 5.41) is 9.84. The quantitative estimate of drug-likeness (QED) is 0.828. The van der Waals surface area contributed by atoms with Gasteiger partial charge in [0.25, 0.3) is 5.91 Å². The van der Waals surface area contributed by atoms with Crippen LogP contribution in [0.1, 0.15) is 27.4 Å². The van der Waals surface area contributed by atoms with Crippen LogP contribution in [0.2, 0.25) is 0 Å². The molecule has 4 heteroatoms. The minimum Gasteiger partial charge on any atom is -0.393 e. The van der Waals surface area contributed by atoms with Crippen molar-refractivity contribution in [2.45, 2.75) is 25.9 Å². The van der Waals surface area contributed by atoms with Gasteiger partial charge in [-0.15, -0.1) is 11.3 Å². The summed E-state index contributed by atoms with van der Waals surface area (Å²) in [7, 11) is 0. The van der Waals surface area contributed by atoms with Gasteiger partial charge in [0.05, 0.1) is 11.0 Å². The van der Waals surface area contributed by atoms with Crippen molar-refractivity contribution in [1.29, 1.82) is 0 Å². The minimum atomic E-state index is -0.192. The van der Waals surface area contributed by atoms with Crippen molar-refractivity contribution in [3.05, 3.63) is 21.9 Å². The number of aliphatic hydroxyl groups excluding tert-OH is 1. The predicted octanol–water partition coefficient (Wildman–Crippen LogP) is 1.90. The number of rotatable bonds is 1. The Morgan fingerprint density at radius 1 is 1.41 bits per heavy atom. The molecule has 2 aliphatic rings. The van der Waals surface area contributed by atoms with E-state index >= 15 is 0 Å². The van der Waals surface area contributed by atoms with Gasteiger partial charge in [0.1, 0.15) is 0 Å². The fraction of sp³-hybridized carbons (Fsp3) is 0.615. The molecule has 1 aliphatic carbocycles. The Labute approximate surface area is 105 Å². The maximum Gasteiger partial charge on any atom is 0.263 e. The van der Waals surface area contributed by atoms with Crippen LogP contribution in [0, 0.1) is 18.8 Å². The van der Waals surface area contributed by atoms with Gasteiger partial charge in [0.15, 0.2) is 0 Å². The smallest absolute Gasteiger partial charge is 0.263 e. The number of hydrogen-bond donors (Lipinski definition) is 1. The first-order valence-corrected chi connectivity index (χ1v) is 7.00. The summed E-state index contributed by atoms with van der Waals surface area (Å²) in [6, 6.07) is 3.90. The molecular weight excluding hydrogens is 234 g/mol. The molecule has 1 aliphatic heterocycles. The Balaban J connectivity index is 1.73. The van der Waals surface area contributed by atoms with Crippen molar-refractivity contribution in [3.8, 4) is 0 Å². The first kappa shape index (κ1) is 11.2. The van der Waals surface area contributed by atoms with Crippen molar-refractivity contribution < 1.29 is 9.90 Å². The molecule has 0 aromatic carbocycles. The number of likely N-dealkylation sites (tertiary alicyclic amines) is 1. The van der Waals surface area contributed by atoms with E-state index in [4.69, 9.17) is 0 Å². The number of amides is 1. The summed E-state index contributed by atoms with van der Waals surface area (Å²) in [6.07, 6.45) is 1.79. The zero-order chi connectivity index (χ0) is 12.0. The normalized spacial score (nSPS) is 31.9. The Hall–Kier alpha value is -0.870. The second-order valence-corrected chi connectivity index (χ2v) is 6.48. The van der Waals surface area contributed by atoms with E-state index in [1.807, 2.05) is 24.0 Å². The number of carbonyl (C=O) groups excluding carboxylic acids is 1. The van der Waals surface area contributed by atoms with Gasteiger partial charge in [-0.3, -0.25) is 4.79 Å². The molecule has 0 unspecified atom stereocenters. The number of carbonyl (C=O) groups is 1. The van der Waals surface area contributed by atoms with Gasteiger partial charge in [-0.25, -0.2) is 0 Å². The third kappa shape index (κ3) is 1.89. The average Bonchev–Trinajstić information content (AvgIpc) is 2.96. The molecule has 1 aromatic rings. The highest BCUT2D eigenvalue weighted by Gasteiger charge is 2.43. The van der Waals surface area contributed by atoms with Crippen LogP contribution in [0.4, 0.5) is 0 Å². The highest BCUT2D eigenvalue weighted by atomic mass is 32.1. The molecule has 0 radical (unpaired) electrons. The highest BCUT2D eigenvalue weighted by Crippen LogP contribution is 2.38. The Morgan fingerprint density at radius 3 is 2.88 bits per heavy atom. The van der Waals surface area contributed by atoms with Gasteiger partial charge in [-0.05, 0) is 37.8 Å². The summed E-state index contributed by atoms with van der Waals surface area (Å²) in [5.41, 5.74) is 0. The van der Waals surface area contributed by atoms with Crippen LogP contribution in [0.5, 0.6) is 0 Å². The Morgan fingerprint density at radius 2 is 2.24 bits per heavy atom. The predicted molar refractivity (Wildman–Crippen MR) is 67.2 cm³/mol. The van der Waals surface area contributed by atoms with Crippen LogP contribution in [0.25, 0.3) is 0 Å². The SMILES string of the molecule is Cc1ccc(C(=O)N2C[C@@H]3CC[C@H](O)[C@@H]3C2)s1. The maximum absolute atomic E-state index is 12.3. The first-order chi connectivity index (χ1) is 8.15. The summed E-state index contributed by atoms with van der Waals surface area (Å²) < 4.78 is 0. The van der Waals surface area contributed by atoms with Crippen molar-refractivity contribution in [1.82, 2.24) is 4.90 Å². The maximum atomic E-state index is 12.3. The molecule has 1 aromatic heterocycles. The van der Waals surface area contributed by atoms with Gasteiger partial charge < -0.3 is 10.0 Å². The van der Waals surface area contributed by atoms with Gasteiger partial charge in [-0.2, -0.15) is 0 Å². The lowest BCUT2D eigenvalue weighted by Gasteiger charge is -2.17. The highest BCUT2D eigenvalue weighted by molar-refractivity contribution is 7.13. The van der Waals surface area contributed by atoms with Crippen LogP contribution < -0.4 is 0 Å². The van der Waals surface area contributed by atoms with Gasteiger partial charge in [0.2, 0.25) is 0 Å². The van der Waals surface area contributed by atoms with E-state index in [-0.39, 0.29) is 12.0 Å². The number of hydrogen-bond acceptors (Lipinski definition) is 3. The molecule has 3 rings (SSSR count). The lowest BCUT2D eigenvalue weighted by Crippen LogP contribution is -2.30. The summed E-state index contributed by atoms with van der Waals surface area (Å²) in [6.45, 7) is 3.59. The fourth-order valence-electron chi connectivity index (χ4n) is 3.11. The number of nitrogens with zero attached hydrogens (tertiary/aromatic N) is 1. The first-order valence-electron chi connectivity index (χ1n) is 6.19. The summed E-state index contributed by atoms with van der Waals surface area (Å²) >= 11 is 1.56. The second-order valence-electron chi connectivity index (χ2n) is 5.19. The molecule has 0 spiro atoms. The topological polar surface area (TPSA) is 40.5 Å². The summed E-state index contributed by atoms with van der Waals surface area (Å²) in [4.78, 5) is 16.2. The standard InChI is InChI=1S/C13H17NO2S/c1-8-2-5-12(17-8)13(16)14-6-9-3-4-11(15)10(9)7-14/h2,5,9-11,15H,3-4,6-7H2,1H3/t9-,10+,11-/m0/s1. The van der Waals surface area contributed by atoms with E-state index in [9.17, 15) is 9.90 Å². The van der Waals surface area contributed by atoms with E-state index in [1.165, 1.54) is 4.88 Å². The van der Waals surface area contributed by atoms with Crippen LogP contribution in [0.3, 0.4) is 0 Å². The fourth-order valence-corrected chi connectivity index (χ4v) is 3.94. The molecular formula is C13H17NO2S. The van der Waals surface area contributed by atoms with Gasteiger partial charge >= 0.3 is 0 Å². The van der Waals surface area contributed by atoms with Crippen LogP contribution in [-0.4, -0.2) is 35.1 Å². The molecule has 0 bridgehead atoms. The van der Waals surface area contributed by atoms with Crippen LogP contribution in [-0.2, 0) is 0 Å². The molecule has 3 atom stereocenters. The molecule has 92 valence electrons. The zero-order valence-electron chi connectivity index (χ0n) is 9.93. The third-order valence-electron chi connectivity index (χ3n) is 4.06. The Kier molecular flexibility index (Phi) is 2.71. The van der Waals surface area contributed by atoms with Crippen LogP contribution in [0.15, 0.2) is 12.1 Å². The molecule has 17 heavy (non-hydrogen) atoms. The lowest BCUT2D eigenvalue weighted by molar-refractivity contribution is 0.0757. The Bertz CT molecular complexity index is 442. The van der Waals surface area contributed by atoms with E-state index in [0.717, 1.165) is 30.8 Å². The van der Waals surface area contributed by atoms with E-state index in [1.54, 1.807) is 11.3 Å². The monoisotopic (exact) mass is 251 g/mol. The molecule has 1 saturated carbocycles. The van der Waals surface area contributed by atoms with E-state index in [2.05, 4.69) is 0 Å². The molecule has 1 amide bonds. The average molecular weight is 251 g/mol. The van der Waals surface area contributed by atoms with Gasteiger partial charge in [-0.1, -0.05) is 0 Å². The zero-order valence-corrected chi connectivity index (χ0v) is 10.7. The lowest BCUT2D eigenvalue weighted by atomic mass is 10.00. The van der Waals surface area contributed by atoms with Crippen molar-refractivity contribution in [3.63, 3.8) is 0 Å². The van der Waals surface area contributed by atoms with Crippen molar-refractivity contribution >= 4 is 17.2 Å². The number of aliphatic hydroxyl groups is 1. The largest absolute Gasteiger partial charge is 0.393 e. The van der Waals surface area contributed by atoms with E-state index in [0.29, 0.717) is 11.8 Å². The molecule has 2 fully saturated rings. The number of thiophene rings is 1. The van der Waals surface area contributed by atoms with Crippen molar-refractivity contribution in [2.75, 3.05) is 13.1 Å². The number of fused-ring (bicyclic) bond motifs is 1. The third-order valence-corrected chi connectivity index (χ3v) is 5.05. The summed E-state index contributed by atoms with van der Waals surface area (Å²) in [5.74, 6) is 0.986. The van der Waals surface area contributed by atoms with Crippen molar-refractivity contribution in [2.24, 2.45) is 11.8 Å². The van der Waals surface area contributed by atoms with Crippen LogP contribution >= 0.6 is 11.3 Å². The number of aryl methyl sites for hydroxylation is 1. The van der Waals surface area contributed by atoms with E-state index < -0.39 is 0 Å². The minimum absolute atomic E-state index is 0.143. The molecule has 2 heterocycles. The van der Waals surface area contributed by atoms with Gasteiger partial charge in [0, 0.05) is 23.9 Å². The molecule has 1 saturated heterocycles.